The molecule has 1 saturated heterocycles. The molecule has 1 N–H and O–H groups in total. The normalized spacial score (nSPS) is 23.1. The van der Waals surface area contributed by atoms with Crippen LogP contribution in [-0.2, 0) is 6.54 Å². The van der Waals surface area contributed by atoms with Crippen molar-refractivity contribution in [2.45, 2.75) is 38.9 Å². The summed E-state index contributed by atoms with van der Waals surface area (Å²) in [4.78, 5) is 4.86. The van der Waals surface area contributed by atoms with E-state index in [0.29, 0.717) is 12.1 Å². The number of rotatable bonds is 6. The standard InChI is InChI=1S/C15H29N5/c1-5-13(2)20-7-6-14(17-20)10-16-11-15-12-18(3)8-9-19(15)4/h6-7,13,15-16H,5,8-12H2,1-4H3. The van der Waals surface area contributed by atoms with Gasteiger partial charge < -0.3 is 10.2 Å². The first-order valence-electron chi connectivity index (χ1n) is 7.73. The maximum atomic E-state index is 4.63. The van der Waals surface area contributed by atoms with Crippen LogP contribution < -0.4 is 5.32 Å². The average molecular weight is 279 g/mol. The van der Waals surface area contributed by atoms with E-state index in [0.717, 1.165) is 38.3 Å². The second-order valence-electron chi connectivity index (χ2n) is 6.07. The fourth-order valence-electron chi connectivity index (χ4n) is 2.59. The lowest BCUT2D eigenvalue weighted by molar-refractivity contribution is 0.113. The summed E-state index contributed by atoms with van der Waals surface area (Å²) in [6.45, 7) is 9.76. The number of nitrogens with one attached hydrogen (secondary N) is 1. The summed E-state index contributed by atoms with van der Waals surface area (Å²) in [6, 6.07) is 3.21. The number of nitrogens with zero attached hydrogens (tertiary/aromatic N) is 4. The molecule has 5 nitrogen and oxygen atoms in total. The van der Waals surface area contributed by atoms with Gasteiger partial charge in [0.2, 0.25) is 0 Å². The van der Waals surface area contributed by atoms with Gasteiger partial charge in [-0.1, -0.05) is 6.92 Å². The third-order valence-electron chi connectivity index (χ3n) is 4.37. The molecule has 0 radical (unpaired) electrons. The zero-order chi connectivity index (χ0) is 14.5. The highest BCUT2D eigenvalue weighted by atomic mass is 15.3. The van der Waals surface area contributed by atoms with Crippen molar-refractivity contribution < 1.29 is 0 Å². The van der Waals surface area contributed by atoms with E-state index in [1.165, 1.54) is 6.54 Å². The van der Waals surface area contributed by atoms with E-state index in [4.69, 9.17) is 0 Å². The van der Waals surface area contributed by atoms with Crippen LogP contribution in [0.25, 0.3) is 0 Å². The molecule has 0 bridgehead atoms. The number of aromatic nitrogens is 2. The Balaban J connectivity index is 1.76. The van der Waals surface area contributed by atoms with Crippen molar-refractivity contribution in [3.05, 3.63) is 18.0 Å². The fourth-order valence-corrected chi connectivity index (χ4v) is 2.59. The topological polar surface area (TPSA) is 36.3 Å². The van der Waals surface area contributed by atoms with Gasteiger partial charge >= 0.3 is 0 Å². The zero-order valence-electron chi connectivity index (χ0n) is 13.3. The summed E-state index contributed by atoms with van der Waals surface area (Å²) >= 11 is 0. The average Bonchev–Trinajstić information content (AvgIpc) is 2.90. The maximum Gasteiger partial charge on any atom is 0.0762 e. The van der Waals surface area contributed by atoms with Crippen LogP contribution in [0.2, 0.25) is 0 Å². The van der Waals surface area contributed by atoms with Gasteiger partial charge in [0.05, 0.1) is 5.69 Å². The molecule has 0 spiro atoms. The van der Waals surface area contributed by atoms with Crippen LogP contribution in [0.3, 0.4) is 0 Å². The molecule has 1 aliphatic rings. The predicted octanol–water partition coefficient (Wildman–Crippen LogP) is 1.19. The molecule has 0 aliphatic carbocycles. The van der Waals surface area contributed by atoms with Crippen LogP contribution in [-0.4, -0.2) is 65.9 Å². The molecule has 114 valence electrons. The first-order valence-corrected chi connectivity index (χ1v) is 7.73. The highest BCUT2D eigenvalue weighted by molar-refractivity contribution is 4.99. The van der Waals surface area contributed by atoms with Crippen molar-refractivity contribution in [3.63, 3.8) is 0 Å². The molecule has 0 saturated carbocycles. The van der Waals surface area contributed by atoms with Crippen LogP contribution >= 0.6 is 0 Å². The SMILES string of the molecule is CCC(C)n1ccc(CNCC2CN(C)CCN2C)n1. The molecule has 2 rings (SSSR count). The van der Waals surface area contributed by atoms with Gasteiger partial charge in [0, 0.05) is 51.0 Å². The summed E-state index contributed by atoms with van der Waals surface area (Å²) in [5, 5.41) is 8.18. The summed E-state index contributed by atoms with van der Waals surface area (Å²) < 4.78 is 2.07. The third-order valence-corrected chi connectivity index (χ3v) is 4.37. The quantitative estimate of drug-likeness (QED) is 0.848. The van der Waals surface area contributed by atoms with E-state index in [1.807, 2.05) is 0 Å². The van der Waals surface area contributed by atoms with Gasteiger partial charge in [-0.05, 0) is 33.5 Å². The van der Waals surface area contributed by atoms with Gasteiger partial charge in [-0.15, -0.1) is 0 Å². The third kappa shape index (κ3) is 4.04. The zero-order valence-corrected chi connectivity index (χ0v) is 13.3. The molecule has 20 heavy (non-hydrogen) atoms. The lowest BCUT2D eigenvalue weighted by Crippen LogP contribution is -2.53. The molecule has 1 aromatic rings. The highest BCUT2D eigenvalue weighted by Crippen LogP contribution is 2.09. The van der Waals surface area contributed by atoms with Crippen molar-refractivity contribution in [2.24, 2.45) is 0 Å². The predicted molar refractivity (Wildman–Crippen MR) is 82.9 cm³/mol. The Morgan fingerprint density at radius 1 is 1.40 bits per heavy atom. The molecule has 0 aromatic carbocycles. The smallest absolute Gasteiger partial charge is 0.0762 e. The Bertz CT molecular complexity index is 403. The van der Waals surface area contributed by atoms with E-state index in [9.17, 15) is 0 Å². The van der Waals surface area contributed by atoms with Gasteiger partial charge in [0.25, 0.3) is 0 Å². The van der Waals surface area contributed by atoms with Crippen molar-refractivity contribution in [3.8, 4) is 0 Å². The first kappa shape index (κ1) is 15.5. The molecular weight excluding hydrogens is 250 g/mol. The Kier molecular flexibility index (Phi) is 5.57. The lowest BCUT2D eigenvalue weighted by Gasteiger charge is -2.37. The molecule has 1 fully saturated rings. The fraction of sp³-hybridized carbons (Fsp3) is 0.800. The van der Waals surface area contributed by atoms with E-state index < -0.39 is 0 Å². The molecular formula is C15H29N5. The van der Waals surface area contributed by atoms with E-state index >= 15 is 0 Å². The molecule has 1 aromatic heterocycles. The maximum absolute atomic E-state index is 4.63. The summed E-state index contributed by atoms with van der Waals surface area (Å²) in [6.07, 6.45) is 3.21. The van der Waals surface area contributed by atoms with E-state index in [1.54, 1.807) is 0 Å². The Hall–Kier alpha value is -0.910. The second kappa shape index (κ2) is 7.20. The van der Waals surface area contributed by atoms with Gasteiger partial charge in [-0.3, -0.25) is 9.58 Å². The molecule has 2 atom stereocenters. The summed E-state index contributed by atoms with van der Waals surface area (Å²) in [5.74, 6) is 0. The largest absolute Gasteiger partial charge is 0.309 e. The first-order chi connectivity index (χ1) is 9.60. The minimum absolute atomic E-state index is 0.488. The minimum Gasteiger partial charge on any atom is -0.309 e. The second-order valence-corrected chi connectivity index (χ2v) is 6.07. The molecule has 1 aliphatic heterocycles. The van der Waals surface area contributed by atoms with Crippen LogP contribution in [0.4, 0.5) is 0 Å². The van der Waals surface area contributed by atoms with Crippen molar-refractivity contribution >= 4 is 0 Å². The van der Waals surface area contributed by atoms with Crippen LogP contribution in [0.15, 0.2) is 12.3 Å². The minimum atomic E-state index is 0.488. The van der Waals surface area contributed by atoms with Crippen LogP contribution in [0.1, 0.15) is 32.0 Å². The van der Waals surface area contributed by atoms with Gasteiger partial charge in [0.15, 0.2) is 0 Å². The highest BCUT2D eigenvalue weighted by Gasteiger charge is 2.21. The Morgan fingerprint density at radius 3 is 2.95 bits per heavy atom. The summed E-state index contributed by atoms with van der Waals surface area (Å²) in [7, 11) is 4.42. The number of hydrogen-bond acceptors (Lipinski definition) is 4. The molecule has 2 unspecified atom stereocenters. The van der Waals surface area contributed by atoms with Crippen molar-refractivity contribution in [1.29, 1.82) is 0 Å². The van der Waals surface area contributed by atoms with Gasteiger partial charge in [0.1, 0.15) is 0 Å². The Morgan fingerprint density at radius 2 is 2.20 bits per heavy atom. The van der Waals surface area contributed by atoms with Gasteiger partial charge in [-0.2, -0.15) is 5.10 Å². The van der Waals surface area contributed by atoms with Gasteiger partial charge in [-0.25, -0.2) is 0 Å². The monoisotopic (exact) mass is 279 g/mol. The summed E-state index contributed by atoms with van der Waals surface area (Å²) in [5.41, 5.74) is 1.14. The molecule has 2 heterocycles. The lowest BCUT2D eigenvalue weighted by atomic mass is 10.2. The number of piperazine rings is 1. The molecule has 5 heteroatoms. The van der Waals surface area contributed by atoms with Crippen molar-refractivity contribution in [1.82, 2.24) is 24.9 Å². The number of likely N-dealkylation sites (N-methyl/N-ethyl adjacent to an activating group) is 2. The Labute approximate surface area is 122 Å². The van der Waals surface area contributed by atoms with Crippen molar-refractivity contribution in [2.75, 3.05) is 40.3 Å². The number of hydrogen-bond donors (Lipinski definition) is 1. The van der Waals surface area contributed by atoms with Crippen LogP contribution in [0, 0.1) is 0 Å². The van der Waals surface area contributed by atoms with E-state index in [2.05, 4.69) is 65.1 Å². The molecule has 0 amide bonds. The van der Waals surface area contributed by atoms with E-state index in [-0.39, 0.29) is 0 Å². The van der Waals surface area contributed by atoms with Crippen LogP contribution in [0.5, 0.6) is 0 Å².